The molecular weight excluding hydrogens is 292 g/mol. The monoisotopic (exact) mass is 296 g/mol. The summed E-state index contributed by atoms with van der Waals surface area (Å²) in [7, 11) is 0. The third-order valence-corrected chi connectivity index (χ3v) is 3.33. The van der Waals surface area contributed by atoms with Crippen LogP contribution in [0.25, 0.3) is 0 Å². The Hall–Kier alpha value is -1.65. The van der Waals surface area contributed by atoms with Crippen molar-refractivity contribution in [1.29, 1.82) is 5.26 Å². The van der Waals surface area contributed by atoms with E-state index in [0.717, 1.165) is 3.79 Å². The van der Waals surface area contributed by atoms with Crippen molar-refractivity contribution in [2.24, 2.45) is 0 Å². The number of amides is 1. The van der Waals surface area contributed by atoms with Crippen molar-refractivity contribution >= 4 is 39.0 Å². The van der Waals surface area contributed by atoms with E-state index in [9.17, 15) is 4.79 Å². The average Bonchev–Trinajstić information content (AvgIpc) is 2.86. The molecule has 5 nitrogen and oxygen atoms in total. The molecule has 80 valence electrons. The van der Waals surface area contributed by atoms with Gasteiger partial charge in [-0.25, -0.2) is 0 Å². The molecule has 0 fully saturated rings. The molecule has 0 aliphatic carbocycles. The highest BCUT2D eigenvalue weighted by Gasteiger charge is 2.11. The first kappa shape index (κ1) is 10.9. The number of hydrogen-bond acceptors (Lipinski definition) is 4. The molecule has 0 atom stereocenters. The van der Waals surface area contributed by atoms with E-state index < -0.39 is 0 Å². The van der Waals surface area contributed by atoms with Crippen LogP contribution in [0.5, 0.6) is 0 Å². The zero-order chi connectivity index (χ0) is 11.5. The van der Waals surface area contributed by atoms with Gasteiger partial charge in [-0.3, -0.25) is 9.89 Å². The van der Waals surface area contributed by atoms with E-state index in [1.807, 2.05) is 6.07 Å². The van der Waals surface area contributed by atoms with E-state index in [1.54, 1.807) is 11.4 Å². The first-order valence-corrected chi connectivity index (χ1v) is 5.87. The zero-order valence-electron chi connectivity index (χ0n) is 7.82. The van der Waals surface area contributed by atoms with Crippen molar-refractivity contribution in [3.8, 4) is 6.07 Å². The third-order valence-electron chi connectivity index (χ3n) is 1.83. The maximum atomic E-state index is 11.7. The van der Waals surface area contributed by atoms with Crippen molar-refractivity contribution in [2.75, 3.05) is 5.32 Å². The molecule has 0 aliphatic rings. The Morgan fingerprint density at radius 3 is 3.12 bits per heavy atom. The molecule has 7 heteroatoms. The first-order valence-electron chi connectivity index (χ1n) is 4.19. The highest BCUT2D eigenvalue weighted by atomic mass is 79.9. The van der Waals surface area contributed by atoms with Crippen molar-refractivity contribution in [1.82, 2.24) is 10.2 Å². The van der Waals surface area contributed by atoms with Gasteiger partial charge in [0, 0.05) is 5.38 Å². The van der Waals surface area contributed by atoms with Crippen LogP contribution >= 0.6 is 27.3 Å². The van der Waals surface area contributed by atoms with Gasteiger partial charge in [-0.05, 0) is 22.0 Å². The molecule has 0 bridgehead atoms. The second kappa shape index (κ2) is 4.47. The van der Waals surface area contributed by atoms with Crippen LogP contribution in [0, 0.1) is 11.3 Å². The predicted octanol–water partition coefficient (Wildman–Crippen LogP) is 2.36. The number of anilines is 1. The average molecular weight is 297 g/mol. The Morgan fingerprint density at radius 2 is 2.50 bits per heavy atom. The smallest absolute Gasteiger partial charge is 0.257 e. The van der Waals surface area contributed by atoms with Gasteiger partial charge in [-0.15, -0.1) is 11.3 Å². The number of H-pyrrole nitrogens is 1. The molecule has 2 aromatic heterocycles. The SMILES string of the molecule is N#Cc1cn[nH]c1NC(=O)c1csc(Br)c1. The summed E-state index contributed by atoms with van der Waals surface area (Å²) in [5.74, 6) is 0.0394. The van der Waals surface area contributed by atoms with Crippen LogP contribution in [0.3, 0.4) is 0 Å². The molecule has 16 heavy (non-hydrogen) atoms. The van der Waals surface area contributed by atoms with E-state index in [2.05, 4.69) is 31.4 Å². The number of carbonyl (C=O) groups excluding carboxylic acids is 1. The maximum absolute atomic E-state index is 11.7. The molecule has 2 rings (SSSR count). The fourth-order valence-electron chi connectivity index (χ4n) is 1.08. The van der Waals surface area contributed by atoms with Crippen molar-refractivity contribution in [3.63, 3.8) is 0 Å². The Labute approximate surface area is 103 Å². The Balaban J connectivity index is 2.17. The van der Waals surface area contributed by atoms with Gasteiger partial charge in [0.15, 0.2) is 0 Å². The zero-order valence-corrected chi connectivity index (χ0v) is 10.2. The summed E-state index contributed by atoms with van der Waals surface area (Å²) in [5, 5.41) is 19.3. The molecule has 0 spiro atoms. The number of nitrogens with one attached hydrogen (secondary N) is 2. The van der Waals surface area contributed by atoms with Crippen molar-refractivity contribution < 1.29 is 4.79 Å². The molecule has 1 amide bonds. The Bertz CT molecular complexity index is 568. The normalized spacial score (nSPS) is 9.75. The van der Waals surface area contributed by atoms with E-state index in [1.165, 1.54) is 17.5 Å². The number of thiophene rings is 1. The molecule has 0 aromatic carbocycles. The number of aromatic amines is 1. The number of aromatic nitrogens is 2. The van der Waals surface area contributed by atoms with Gasteiger partial charge in [0.05, 0.1) is 15.5 Å². The van der Waals surface area contributed by atoms with Crippen molar-refractivity contribution in [2.45, 2.75) is 0 Å². The van der Waals surface area contributed by atoms with Crippen LogP contribution in [-0.4, -0.2) is 16.1 Å². The summed E-state index contributed by atoms with van der Waals surface area (Å²) >= 11 is 4.69. The first-order chi connectivity index (χ1) is 7.70. The summed E-state index contributed by atoms with van der Waals surface area (Å²) < 4.78 is 0.878. The molecule has 0 saturated heterocycles. The topological polar surface area (TPSA) is 81.6 Å². The van der Waals surface area contributed by atoms with E-state index >= 15 is 0 Å². The molecule has 0 unspecified atom stereocenters. The largest absolute Gasteiger partial charge is 0.306 e. The van der Waals surface area contributed by atoms with Gasteiger partial charge in [-0.1, -0.05) is 0 Å². The second-order valence-corrected chi connectivity index (χ2v) is 5.15. The highest BCUT2D eigenvalue weighted by molar-refractivity contribution is 9.11. The van der Waals surface area contributed by atoms with Crippen molar-refractivity contribution in [3.05, 3.63) is 32.6 Å². The minimum Gasteiger partial charge on any atom is -0.306 e. The molecule has 0 saturated carbocycles. The summed E-state index contributed by atoms with van der Waals surface area (Å²) in [6.45, 7) is 0. The minimum atomic E-state index is -0.275. The van der Waals surface area contributed by atoms with Gasteiger partial charge < -0.3 is 5.32 Å². The van der Waals surface area contributed by atoms with Gasteiger partial charge in [0.2, 0.25) is 0 Å². The number of hydrogen-bond donors (Lipinski definition) is 2. The summed E-state index contributed by atoms with van der Waals surface area (Å²) in [4.78, 5) is 11.7. The maximum Gasteiger partial charge on any atom is 0.257 e. The summed E-state index contributed by atoms with van der Waals surface area (Å²) in [5.41, 5.74) is 0.845. The number of rotatable bonds is 2. The molecule has 2 heterocycles. The number of halogens is 1. The fourth-order valence-corrected chi connectivity index (χ4v) is 2.22. The molecule has 0 aliphatic heterocycles. The van der Waals surface area contributed by atoms with Crippen LogP contribution in [0.1, 0.15) is 15.9 Å². The van der Waals surface area contributed by atoms with Crippen LogP contribution in [-0.2, 0) is 0 Å². The van der Waals surface area contributed by atoms with Crippen LogP contribution < -0.4 is 5.32 Å². The standard InChI is InChI=1S/C9H5BrN4OS/c10-7-1-5(4-16-7)9(15)13-8-6(2-11)3-12-14-8/h1,3-4H,(H2,12,13,14,15). The minimum absolute atomic E-state index is 0.275. The van der Waals surface area contributed by atoms with Crippen LogP contribution in [0.4, 0.5) is 5.82 Å². The number of carbonyl (C=O) groups is 1. The lowest BCUT2D eigenvalue weighted by Gasteiger charge is -1.99. The molecule has 0 radical (unpaired) electrons. The third kappa shape index (κ3) is 2.13. The van der Waals surface area contributed by atoms with E-state index in [4.69, 9.17) is 5.26 Å². The van der Waals surface area contributed by atoms with Gasteiger partial charge in [0.25, 0.3) is 5.91 Å². The molecule has 2 aromatic rings. The Kier molecular flexibility index (Phi) is 3.03. The van der Waals surface area contributed by atoms with E-state index in [-0.39, 0.29) is 5.91 Å². The van der Waals surface area contributed by atoms with Gasteiger partial charge >= 0.3 is 0 Å². The van der Waals surface area contributed by atoms with Crippen LogP contribution in [0.15, 0.2) is 21.4 Å². The van der Waals surface area contributed by atoms with Gasteiger partial charge in [-0.2, -0.15) is 10.4 Å². The quantitative estimate of drug-likeness (QED) is 0.892. The fraction of sp³-hybridized carbons (Fsp3) is 0. The summed E-state index contributed by atoms with van der Waals surface area (Å²) in [6, 6.07) is 3.63. The molecular formula is C9H5BrN4OS. The summed E-state index contributed by atoms with van der Waals surface area (Å²) in [6.07, 6.45) is 1.36. The number of nitriles is 1. The second-order valence-electron chi connectivity index (χ2n) is 2.86. The lowest BCUT2D eigenvalue weighted by atomic mass is 10.3. The molecule has 2 N–H and O–H groups in total. The Morgan fingerprint density at radius 1 is 1.69 bits per heavy atom. The predicted molar refractivity (Wildman–Crippen MR) is 63.3 cm³/mol. The number of nitrogens with zero attached hydrogens (tertiary/aromatic N) is 2. The van der Waals surface area contributed by atoms with Gasteiger partial charge in [0.1, 0.15) is 17.5 Å². The highest BCUT2D eigenvalue weighted by Crippen LogP contribution is 2.21. The lowest BCUT2D eigenvalue weighted by Crippen LogP contribution is -2.11. The van der Waals surface area contributed by atoms with E-state index in [0.29, 0.717) is 16.9 Å². The lowest BCUT2D eigenvalue weighted by molar-refractivity contribution is 0.102. The van der Waals surface area contributed by atoms with Crippen LogP contribution in [0.2, 0.25) is 0 Å².